The Morgan fingerprint density at radius 2 is 0.812 bits per heavy atom. The molecule has 0 radical (unpaired) electrons. The second-order valence-corrected chi connectivity index (χ2v) is 24.1. The third-order valence-electron chi connectivity index (χ3n) is 13.8. The molecule has 0 atom stereocenters. The molecule has 0 saturated carbocycles. The highest BCUT2D eigenvalue weighted by Crippen LogP contribution is 2.21. The van der Waals surface area contributed by atoms with Gasteiger partial charge in [-0.25, -0.2) is 24.9 Å². The smallest absolute Gasteiger partial charge is 0.159 e. The SMILES string of the molecule is Cc1ccc(-c2ccc(C)nc2)cc1.Cc1ccc(-c2ncc(C)cn2)cc1.Cc1ccc(C)[si](C)c1.Cc1ccc2nc(C)ccc2c1.Cc1ccc2nc(C)cnc2c1.Cc1ccc2nc(C)ncc2c1.Cc1nnc(C)c2ccccc12. The molecule has 13 aromatic rings. The average molecular weight is 1140 g/mol. The van der Waals surface area contributed by atoms with E-state index in [0.29, 0.717) is 0 Å². The maximum absolute atomic E-state index is 4.42. The molecule has 0 bridgehead atoms. The quantitative estimate of drug-likeness (QED) is 0.154. The van der Waals surface area contributed by atoms with Crippen molar-refractivity contribution in [2.75, 3.05) is 0 Å². The van der Waals surface area contributed by atoms with Crippen LogP contribution in [0, 0.1) is 96.9 Å². The molecule has 0 aliphatic carbocycles. The van der Waals surface area contributed by atoms with E-state index in [-0.39, 0.29) is 8.40 Å². The van der Waals surface area contributed by atoms with E-state index in [1.54, 1.807) is 11.4 Å². The minimum absolute atomic E-state index is 0.252. The fourth-order valence-electron chi connectivity index (χ4n) is 8.70. The molecule has 428 valence electrons. The highest BCUT2D eigenvalue weighted by atomic mass is 28.2. The van der Waals surface area contributed by atoms with Crippen LogP contribution in [0.4, 0.5) is 0 Å². The summed E-state index contributed by atoms with van der Waals surface area (Å²) >= 11 is 0. The minimum Gasteiger partial charge on any atom is -0.261 e. The van der Waals surface area contributed by atoms with Crippen LogP contribution in [0.3, 0.4) is 0 Å². The van der Waals surface area contributed by atoms with Crippen molar-refractivity contribution >= 4 is 52.0 Å². The monoisotopic (exact) mass is 1130 g/mol. The predicted molar refractivity (Wildman–Crippen MR) is 357 cm³/mol. The number of benzene rings is 6. The van der Waals surface area contributed by atoms with E-state index in [1.165, 1.54) is 60.7 Å². The van der Waals surface area contributed by atoms with Crippen molar-refractivity contribution in [1.29, 1.82) is 0 Å². The molecule has 0 amide bonds. The van der Waals surface area contributed by atoms with Gasteiger partial charge >= 0.3 is 0 Å². The summed E-state index contributed by atoms with van der Waals surface area (Å²) in [5.74, 6) is 1.61. The van der Waals surface area contributed by atoms with Crippen LogP contribution in [-0.4, -0.2) is 58.5 Å². The topological polar surface area (TPSA) is 129 Å². The second-order valence-electron chi connectivity index (χ2n) is 21.6. The molecule has 6 aromatic carbocycles. The van der Waals surface area contributed by atoms with Gasteiger partial charge in [-0.05, 0) is 162 Å². The van der Waals surface area contributed by atoms with Gasteiger partial charge in [0.1, 0.15) is 5.82 Å². The van der Waals surface area contributed by atoms with Gasteiger partial charge in [-0.15, -0.1) is 0 Å². The second kappa shape index (κ2) is 30.7. The van der Waals surface area contributed by atoms with E-state index < -0.39 is 0 Å². The first-order valence-corrected chi connectivity index (χ1v) is 30.7. The summed E-state index contributed by atoms with van der Waals surface area (Å²) in [6, 6.07) is 56.2. The lowest BCUT2D eigenvalue weighted by Gasteiger charge is -2.01. The normalized spacial score (nSPS) is 10.3. The summed E-state index contributed by atoms with van der Waals surface area (Å²) in [6.07, 6.45) is 9.25. The third kappa shape index (κ3) is 19.6. The van der Waals surface area contributed by atoms with Crippen molar-refractivity contribution in [1.82, 2.24) is 50.1 Å². The zero-order chi connectivity index (χ0) is 61.0. The highest BCUT2D eigenvalue weighted by molar-refractivity contribution is 6.50. The summed E-state index contributed by atoms with van der Waals surface area (Å²) in [5.41, 5.74) is 23.8. The first kappa shape index (κ1) is 63.1. The number of fused-ring (bicyclic) bond motifs is 4. The van der Waals surface area contributed by atoms with E-state index in [0.717, 1.165) is 78.7 Å². The standard InChI is InChI=1S/C13H13N.C12H12N2.C11H11N.3C10H10N2.C8H12Si/c1-10-3-6-12(7-4-10)13-8-5-11(2)14-9-13;1-9-3-5-11(6-4-9)12-13-7-10(2)8-14-12;1-8-3-6-11-10(7-8)5-4-9(2)12-11;1-7-3-4-10-9(5-7)6-11-8(2)12-10;1-7-3-4-9-10(5-7)11-6-8(2)12-9;1-7-9-5-3-4-6-10(9)8(2)12-11-7;1-7-4-5-8(2)9(3)6-7/h3-9H,1-2H3;3-8H,1-2H3;3-7H,1-2H3;3*3-6H,1-2H3;4-6H,1-3H3. The van der Waals surface area contributed by atoms with Crippen LogP contribution in [0.1, 0.15) is 78.4 Å². The Labute approximate surface area is 504 Å². The van der Waals surface area contributed by atoms with Gasteiger partial charge in [0.2, 0.25) is 0 Å². The molecule has 0 aliphatic rings. The zero-order valence-electron chi connectivity index (χ0n) is 52.0. The van der Waals surface area contributed by atoms with Crippen LogP contribution in [-0.2, 0) is 6.55 Å². The maximum atomic E-state index is 4.42. The molecule has 0 saturated heterocycles. The first-order chi connectivity index (χ1) is 40.8. The molecule has 10 nitrogen and oxygen atoms in total. The summed E-state index contributed by atoms with van der Waals surface area (Å²) in [5, 5.41) is 14.4. The van der Waals surface area contributed by atoms with Crippen LogP contribution < -0.4 is 0 Å². The van der Waals surface area contributed by atoms with Crippen LogP contribution in [0.15, 0.2) is 200 Å². The first-order valence-electron chi connectivity index (χ1n) is 28.6. The van der Waals surface area contributed by atoms with E-state index in [4.69, 9.17) is 0 Å². The van der Waals surface area contributed by atoms with Gasteiger partial charge < -0.3 is 0 Å². The maximum Gasteiger partial charge on any atom is 0.159 e. The van der Waals surface area contributed by atoms with Gasteiger partial charge in [-0.1, -0.05) is 160 Å². The molecule has 0 unspecified atom stereocenters. The molecular formula is C74H78N10Si. The van der Waals surface area contributed by atoms with Crippen LogP contribution >= 0.6 is 0 Å². The van der Waals surface area contributed by atoms with Crippen molar-refractivity contribution in [2.24, 2.45) is 6.55 Å². The Morgan fingerprint density at radius 3 is 1.39 bits per heavy atom. The molecule has 0 aliphatic heterocycles. The van der Waals surface area contributed by atoms with Crippen molar-refractivity contribution in [3.63, 3.8) is 0 Å². The number of nitrogens with zero attached hydrogens (tertiary/aromatic N) is 10. The largest absolute Gasteiger partial charge is 0.261 e. The zero-order valence-corrected chi connectivity index (χ0v) is 53.0. The lowest BCUT2D eigenvalue weighted by molar-refractivity contribution is 0.964. The molecule has 13 rings (SSSR count). The Morgan fingerprint density at radius 1 is 0.306 bits per heavy atom. The Bertz CT molecular complexity index is 3750. The van der Waals surface area contributed by atoms with E-state index >= 15 is 0 Å². The minimum atomic E-state index is -0.252. The Balaban J connectivity index is 0.000000143. The lowest BCUT2D eigenvalue weighted by Crippen LogP contribution is -1.96. The molecule has 7 aromatic heterocycles. The van der Waals surface area contributed by atoms with Crippen LogP contribution in [0.2, 0.25) is 0 Å². The number of aromatic nitrogens is 10. The molecule has 85 heavy (non-hydrogen) atoms. The fourth-order valence-corrected chi connectivity index (χ4v) is 10.1. The summed E-state index contributed by atoms with van der Waals surface area (Å²) in [6.45, 7) is 30.9. The van der Waals surface area contributed by atoms with Crippen molar-refractivity contribution in [3.8, 4) is 22.5 Å². The number of hydrogen-bond donors (Lipinski definition) is 0. The van der Waals surface area contributed by atoms with Gasteiger partial charge in [0.05, 0.1) is 39.1 Å². The van der Waals surface area contributed by atoms with Gasteiger partial charge in [-0.3, -0.25) is 15.0 Å². The molecular weight excluding hydrogens is 1060 g/mol. The molecule has 7 heterocycles. The van der Waals surface area contributed by atoms with Gasteiger partial charge in [0.25, 0.3) is 0 Å². The Kier molecular flexibility index (Phi) is 22.8. The number of hydrogen-bond acceptors (Lipinski definition) is 10. The van der Waals surface area contributed by atoms with Gasteiger partial charge in [-0.2, -0.15) is 10.2 Å². The van der Waals surface area contributed by atoms with E-state index in [1.807, 2.05) is 128 Å². The number of rotatable bonds is 2. The predicted octanol–water partition coefficient (Wildman–Crippen LogP) is 17.6. The van der Waals surface area contributed by atoms with E-state index in [9.17, 15) is 0 Å². The number of pyridine rings is 2. The lowest BCUT2D eigenvalue weighted by atomic mass is 10.1. The van der Waals surface area contributed by atoms with Crippen molar-refractivity contribution < 1.29 is 0 Å². The van der Waals surface area contributed by atoms with Crippen LogP contribution in [0.25, 0.3) is 66.1 Å². The van der Waals surface area contributed by atoms with E-state index in [2.05, 4.69) is 220 Å². The van der Waals surface area contributed by atoms with Crippen LogP contribution in [0.5, 0.6) is 0 Å². The van der Waals surface area contributed by atoms with Crippen molar-refractivity contribution in [2.45, 2.75) is 96.9 Å². The molecule has 0 N–H and O–H groups in total. The molecule has 0 spiro atoms. The summed E-state index contributed by atoms with van der Waals surface area (Å²) in [7, 11) is -0.252. The third-order valence-corrected chi connectivity index (χ3v) is 16.1. The van der Waals surface area contributed by atoms with Crippen molar-refractivity contribution in [3.05, 3.63) is 279 Å². The average Bonchev–Trinajstić information content (AvgIpc) is 3.53. The van der Waals surface area contributed by atoms with Gasteiger partial charge in [0, 0.05) is 83.4 Å². The molecule has 11 heteroatoms. The summed E-state index contributed by atoms with van der Waals surface area (Å²) < 4.78 is 0. The number of aryl methyl sites for hydroxylation is 15. The fraction of sp³-hybridized carbons (Fsp3) is 0.203. The Hall–Kier alpha value is -9.45. The van der Waals surface area contributed by atoms with Gasteiger partial charge in [0.15, 0.2) is 5.82 Å². The molecule has 0 fully saturated rings. The highest BCUT2D eigenvalue weighted by Gasteiger charge is 2.03. The summed E-state index contributed by atoms with van der Waals surface area (Å²) in [4.78, 5) is 34.3.